The van der Waals surface area contributed by atoms with E-state index in [4.69, 9.17) is 5.14 Å². The van der Waals surface area contributed by atoms with Gasteiger partial charge in [-0.05, 0) is 54.4 Å². The van der Waals surface area contributed by atoms with Crippen molar-refractivity contribution in [3.05, 3.63) is 99.6 Å². The SMILES string of the molecule is COC(=O)c1ccc(N2C(=O)CC(N(CCc3ccc(S(N)(=O)=O)cc3)C(=O)c3cccc([N+](=O)[O-])c3)C2=O)cc1. The van der Waals surface area contributed by atoms with Gasteiger partial charge in [-0.1, -0.05) is 18.2 Å². The Hall–Kier alpha value is -4.95. The Morgan fingerprint density at radius 2 is 1.71 bits per heavy atom. The van der Waals surface area contributed by atoms with Gasteiger partial charge in [0.25, 0.3) is 17.5 Å². The van der Waals surface area contributed by atoms with E-state index in [-0.39, 0.29) is 46.8 Å². The van der Waals surface area contributed by atoms with Gasteiger partial charge in [0.05, 0.1) is 34.6 Å². The van der Waals surface area contributed by atoms with Gasteiger partial charge in [0.15, 0.2) is 0 Å². The number of rotatable bonds is 9. The molecule has 0 saturated carbocycles. The topological polar surface area (TPSA) is 187 Å². The lowest BCUT2D eigenvalue weighted by atomic mass is 10.1. The lowest BCUT2D eigenvalue weighted by Crippen LogP contribution is -2.46. The summed E-state index contributed by atoms with van der Waals surface area (Å²) in [6.07, 6.45) is -0.181. The van der Waals surface area contributed by atoms with Crippen LogP contribution in [0, 0.1) is 10.1 Å². The molecule has 1 fully saturated rings. The van der Waals surface area contributed by atoms with Crippen LogP contribution in [0.3, 0.4) is 0 Å². The first-order valence-electron chi connectivity index (χ1n) is 12.1. The summed E-state index contributed by atoms with van der Waals surface area (Å²) in [6, 6.07) is 15.0. The second-order valence-corrected chi connectivity index (χ2v) is 10.6. The lowest BCUT2D eigenvalue weighted by Gasteiger charge is -2.28. The number of ether oxygens (including phenoxy) is 1. The Labute approximate surface area is 234 Å². The van der Waals surface area contributed by atoms with Crippen molar-refractivity contribution < 1.29 is 37.3 Å². The number of nitro benzene ring substituents is 1. The number of anilines is 1. The summed E-state index contributed by atoms with van der Waals surface area (Å²) in [7, 11) is -2.69. The number of sulfonamides is 1. The molecular formula is C27H24N4O9S. The molecule has 3 aromatic carbocycles. The van der Waals surface area contributed by atoms with Crippen LogP contribution >= 0.6 is 0 Å². The Morgan fingerprint density at radius 1 is 1.05 bits per heavy atom. The summed E-state index contributed by atoms with van der Waals surface area (Å²) in [5, 5.41) is 16.4. The maximum atomic E-state index is 13.6. The average Bonchev–Trinajstić information content (AvgIpc) is 3.25. The van der Waals surface area contributed by atoms with Crippen molar-refractivity contribution in [2.75, 3.05) is 18.6 Å². The number of amides is 3. The van der Waals surface area contributed by atoms with Crippen molar-refractivity contribution >= 4 is 45.1 Å². The molecule has 212 valence electrons. The second kappa shape index (κ2) is 11.7. The number of nitrogens with zero attached hydrogens (tertiary/aromatic N) is 3. The van der Waals surface area contributed by atoms with Crippen LogP contribution < -0.4 is 10.0 Å². The van der Waals surface area contributed by atoms with E-state index in [1.807, 2.05) is 0 Å². The average molecular weight is 581 g/mol. The van der Waals surface area contributed by atoms with Crippen LogP contribution in [-0.2, 0) is 30.8 Å². The van der Waals surface area contributed by atoms with Gasteiger partial charge in [0.1, 0.15) is 6.04 Å². The summed E-state index contributed by atoms with van der Waals surface area (Å²) in [5.41, 5.74) is 0.640. The Kier molecular flexibility index (Phi) is 8.26. The highest BCUT2D eigenvalue weighted by atomic mass is 32.2. The third-order valence-corrected chi connectivity index (χ3v) is 7.43. The highest BCUT2D eigenvalue weighted by molar-refractivity contribution is 7.89. The fourth-order valence-electron chi connectivity index (χ4n) is 4.41. The van der Waals surface area contributed by atoms with Crippen molar-refractivity contribution in [2.45, 2.75) is 23.8 Å². The molecule has 0 aromatic heterocycles. The van der Waals surface area contributed by atoms with E-state index in [1.54, 1.807) is 0 Å². The third kappa shape index (κ3) is 6.28. The molecule has 2 N–H and O–H groups in total. The molecule has 14 heteroatoms. The number of carbonyl (C=O) groups is 4. The number of carbonyl (C=O) groups excluding carboxylic acids is 4. The number of non-ortho nitro benzene ring substituents is 1. The maximum Gasteiger partial charge on any atom is 0.337 e. The van der Waals surface area contributed by atoms with Gasteiger partial charge in [-0.15, -0.1) is 0 Å². The molecule has 1 aliphatic heterocycles. The van der Waals surface area contributed by atoms with E-state index in [0.29, 0.717) is 5.56 Å². The van der Waals surface area contributed by atoms with Gasteiger partial charge in [-0.25, -0.2) is 23.3 Å². The summed E-state index contributed by atoms with van der Waals surface area (Å²) < 4.78 is 27.8. The summed E-state index contributed by atoms with van der Waals surface area (Å²) in [5.74, 6) is -2.58. The normalized spacial score (nSPS) is 15.1. The first kappa shape index (κ1) is 29.0. The van der Waals surface area contributed by atoms with E-state index in [0.717, 1.165) is 11.0 Å². The monoisotopic (exact) mass is 580 g/mol. The second-order valence-electron chi connectivity index (χ2n) is 9.07. The number of esters is 1. The zero-order valence-electron chi connectivity index (χ0n) is 21.6. The van der Waals surface area contributed by atoms with Crippen LogP contribution in [0.15, 0.2) is 77.7 Å². The number of benzene rings is 3. The molecule has 1 atom stereocenters. The van der Waals surface area contributed by atoms with Gasteiger partial charge < -0.3 is 9.64 Å². The minimum Gasteiger partial charge on any atom is -0.465 e. The summed E-state index contributed by atoms with van der Waals surface area (Å²) >= 11 is 0. The standard InChI is InChI=1S/C27H24N4O9S/c1-40-27(35)18-7-9-20(10-8-18)30-24(32)16-23(26(30)34)29(25(33)19-3-2-4-21(15-19)31(36)37)14-13-17-5-11-22(12-6-17)41(28,38)39/h2-12,15,23H,13-14,16H2,1H3,(H2,28,38,39). The molecule has 3 amide bonds. The van der Waals surface area contributed by atoms with E-state index in [2.05, 4.69) is 4.74 Å². The van der Waals surface area contributed by atoms with E-state index < -0.39 is 44.7 Å². The van der Waals surface area contributed by atoms with Crippen LogP contribution in [0.4, 0.5) is 11.4 Å². The van der Waals surface area contributed by atoms with Crippen LogP contribution in [0.5, 0.6) is 0 Å². The molecule has 0 radical (unpaired) electrons. The number of nitrogens with two attached hydrogens (primary N) is 1. The molecule has 0 aliphatic carbocycles. The minimum atomic E-state index is -3.91. The van der Waals surface area contributed by atoms with Crippen LogP contribution in [0.2, 0.25) is 0 Å². The highest BCUT2D eigenvalue weighted by Crippen LogP contribution is 2.28. The number of imide groups is 1. The number of nitro groups is 1. The Bertz CT molecular complexity index is 1640. The quantitative estimate of drug-likeness (QED) is 0.171. The predicted octanol–water partition coefficient (Wildman–Crippen LogP) is 2.05. The lowest BCUT2D eigenvalue weighted by molar-refractivity contribution is -0.384. The van der Waals surface area contributed by atoms with Crippen LogP contribution in [0.25, 0.3) is 0 Å². The molecular weight excluding hydrogens is 556 g/mol. The van der Waals surface area contributed by atoms with Gasteiger partial charge in [0.2, 0.25) is 15.9 Å². The molecule has 0 bridgehead atoms. The smallest absolute Gasteiger partial charge is 0.337 e. The van der Waals surface area contributed by atoms with Gasteiger partial charge in [-0.2, -0.15) is 0 Å². The molecule has 4 rings (SSSR count). The predicted molar refractivity (Wildman–Crippen MR) is 144 cm³/mol. The summed E-state index contributed by atoms with van der Waals surface area (Å²) in [6.45, 7) is -0.0744. The molecule has 3 aromatic rings. The van der Waals surface area contributed by atoms with Gasteiger partial charge >= 0.3 is 5.97 Å². The zero-order valence-corrected chi connectivity index (χ0v) is 22.4. The number of hydrogen-bond donors (Lipinski definition) is 1. The Morgan fingerprint density at radius 3 is 2.29 bits per heavy atom. The first-order chi connectivity index (χ1) is 19.4. The third-order valence-electron chi connectivity index (χ3n) is 6.50. The van der Waals surface area contributed by atoms with Gasteiger partial charge in [-0.3, -0.25) is 24.5 Å². The largest absolute Gasteiger partial charge is 0.465 e. The molecule has 1 saturated heterocycles. The molecule has 41 heavy (non-hydrogen) atoms. The maximum absolute atomic E-state index is 13.6. The van der Waals surface area contributed by atoms with Crippen molar-refractivity contribution in [3.63, 3.8) is 0 Å². The van der Waals surface area contributed by atoms with Crippen molar-refractivity contribution in [2.24, 2.45) is 5.14 Å². The van der Waals surface area contributed by atoms with Gasteiger partial charge in [0, 0.05) is 24.2 Å². The zero-order chi connectivity index (χ0) is 29.9. The molecule has 1 heterocycles. The molecule has 0 spiro atoms. The first-order valence-corrected chi connectivity index (χ1v) is 13.7. The van der Waals surface area contributed by atoms with E-state index >= 15 is 0 Å². The minimum absolute atomic E-state index is 0.0510. The van der Waals surface area contributed by atoms with E-state index in [9.17, 15) is 37.7 Å². The van der Waals surface area contributed by atoms with Crippen LogP contribution in [-0.4, -0.2) is 61.6 Å². The number of methoxy groups -OCH3 is 1. The molecule has 1 aliphatic rings. The Balaban J connectivity index is 1.64. The molecule has 13 nitrogen and oxygen atoms in total. The van der Waals surface area contributed by atoms with Crippen molar-refractivity contribution in [1.82, 2.24) is 4.90 Å². The summed E-state index contributed by atoms with van der Waals surface area (Å²) in [4.78, 5) is 64.6. The van der Waals surface area contributed by atoms with Crippen LogP contribution in [0.1, 0.15) is 32.7 Å². The fourth-order valence-corrected chi connectivity index (χ4v) is 4.92. The van der Waals surface area contributed by atoms with Crippen molar-refractivity contribution in [3.8, 4) is 0 Å². The van der Waals surface area contributed by atoms with E-state index in [1.165, 1.54) is 78.7 Å². The van der Waals surface area contributed by atoms with Crippen molar-refractivity contribution in [1.29, 1.82) is 0 Å². The fraction of sp³-hybridized carbons (Fsp3) is 0.185. The highest BCUT2D eigenvalue weighted by Gasteiger charge is 2.44. The molecule has 1 unspecified atom stereocenters. The number of hydrogen-bond acceptors (Lipinski definition) is 9. The number of primary sulfonamides is 1.